The van der Waals surface area contributed by atoms with Crippen molar-refractivity contribution in [3.63, 3.8) is 0 Å². The topological polar surface area (TPSA) is 32.8 Å². The van der Waals surface area contributed by atoms with Crippen LogP contribution in [0.4, 0.5) is 0 Å². The molecule has 3 aliphatic heterocycles. The first-order valence-electron chi connectivity index (χ1n) is 9.76. The van der Waals surface area contributed by atoms with Crippen molar-refractivity contribution in [3.05, 3.63) is 35.4 Å². The Morgan fingerprint density at radius 3 is 2.72 bits per heavy atom. The highest BCUT2D eigenvalue weighted by Gasteiger charge is 2.42. The number of hydrogen-bond donors (Lipinski definition) is 0. The molecule has 1 aromatic carbocycles. The fourth-order valence-electron chi connectivity index (χ4n) is 4.98. The lowest BCUT2D eigenvalue weighted by Crippen LogP contribution is -2.41. The van der Waals surface area contributed by atoms with E-state index in [1.165, 1.54) is 43.5 Å². The summed E-state index contributed by atoms with van der Waals surface area (Å²) in [5.41, 5.74) is 3.00. The highest BCUT2D eigenvalue weighted by atomic mass is 16.5. The van der Waals surface area contributed by atoms with E-state index < -0.39 is 0 Å². The third-order valence-corrected chi connectivity index (χ3v) is 6.39. The van der Waals surface area contributed by atoms with Crippen LogP contribution in [0.5, 0.6) is 0 Å². The molecular formula is C21H30N2O2. The van der Waals surface area contributed by atoms with Crippen molar-refractivity contribution < 1.29 is 9.53 Å². The van der Waals surface area contributed by atoms with Crippen LogP contribution in [0.25, 0.3) is 0 Å². The van der Waals surface area contributed by atoms with E-state index in [1.54, 1.807) is 6.92 Å². The van der Waals surface area contributed by atoms with E-state index >= 15 is 0 Å². The summed E-state index contributed by atoms with van der Waals surface area (Å²) in [5, 5.41) is 0. The van der Waals surface area contributed by atoms with Gasteiger partial charge in [-0.1, -0.05) is 24.3 Å². The number of fused-ring (bicyclic) bond motifs is 1. The third kappa shape index (κ3) is 3.75. The number of ether oxygens (including phenoxy) is 1. The Morgan fingerprint density at radius 1 is 1.20 bits per heavy atom. The first-order valence-corrected chi connectivity index (χ1v) is 9.76. The molecule has 0 radical (unpaired) electrons. The predicted molar refractivity (Wildman–Crippen MR) is 98.3 cm³/mol. The van der Waals surface area contributed by atoms with Gasteiger partial charge in [-0.05, 0) is 49.3 Å². The van der Waals surface area contributed by atoms with Crippen LogP contribution in [-0.2, 0) is 22.5 Å². The smallest absolute Gasteiger partial charge is 0.219 e. The van der Waals surface area contributed by atoms with Crippen LogP contribution >= 0.6 is 0 Å². The van der Waals surface area contributed by atoms with Gasteiger partial charge in [-0.3, -0.25) is 4.79 Å². The second-order valence-electron chi connectivity index (χ2n) is 8.36. The SMILES string of the molecule is CC(=O)N1Cc2ccccc2CC2(CCN(CC3CCOCC3)C2)C1. The van der Waals surface area contributed by atoms with E-state index in [-0.39, 0.29) is 11.3 Å². The summed E-state index contributed by atoms with van der Waals surface area (Å²) in [4.78, 5) is 16.9. The summed E-state index contributed by atoms with van der Waals surface area (Å²) in [6, 6.07) is 8.70. The van der Waals surface area contributed by atoms with Crippen LogP contribution in [-0.4, -0.2) is 55.1 Å². The molecule has 4 nitrogen and oxygen atoms in total. The summed E-state index contributed by atoms with van der Waals surface area (Å²) < 4.78 is 5.51. The molecule has 1 amide bonds. The molecule has 1 aromatic rings. The molecule has 1 atom stereocenters. The van der Waals surface area contributed by atoms with E-state index in [0.29, 0.717) is 0 Å². The normalized spacial score (nSPS) is 28.1. The third-order valence-electron chi connectivity index (χ3n) is 6.39. The van der Waals surface area contributed by atoms with Crippen molar-refractivity contribution in [2.75, 3.05) is 39.4 Å². The van der Waals surface area contributed by atoms with Crippen LogP contribution in [0.1, 0.15) is 37.3 Å². The molecule has 2 fully saturated rings. The summed E-state index contributed by atoms with van der Waals surface area (Å²) in [5.74, 6) is 0.991. The van der Waals surface area contributed by atoms with E-state index in [1.807, 2.05) is 0 Å². The molecule has 1 spiro atoms. The number of benzene rings is 1. The van der Waals surface area contributed by atoms with Crippen molar-refractivity contribution in [1.29, 1.82) is 0 Å². The van der Waals surface area contributed by atoms with Gasteiger partial charge in [0.15, 0.2) is 0 Å². The first kappa shape index (κ1) is 17.0. The second kappa shape index (κ2) is 7.08. The quantitative estimate of drug-likeness (QED) is 0.828. The zero-order valence-electron chi connectivity index (χ0n) is 15.4. The highest BCUT2D eigenvalue weighted by molar-refractivity contribution is 5.73. The van der Waals surface area contributed by atoms with Crippen molar-refractivity contribution in [2.24, 2.45) is 11.3 Å². The van der Waals surface area contributed by atoms with Crippen molar-refractivity contribution in [3.8, 4) is 0 Å². The fraction of sp³-hybridized carbons (Fsp3) is 0.667. The van der Waals surface area contributed by atoms with Gasteiger partial charge in [-0.25, -0.2) is 0 Å². The first-order chi connectivity index (χ1) is 12.1. The zero-order valence-corrected chi connectivity index (χ0v) is 15.4. The Bertz CT molecular complexity index is 626. The number of carbonyl (C=O) groups is 1. The average molecular weight is 342 g/mol. The summed E-state index contributed by atoms with van der Waals surface area (Å²) >= 11 is 0. The van der Waals surface area contributed by atoms with E-state index in [4.69, 9.17) is 4.74 Å². The van der Waals surface area contributed by atoms with Gasteiger partial charge < -0.3 is 14.5 Å². The average Bonchev–Trinajstić information content (AvgIpc) is 2.90. The number of carbonyl (C=O) groups excluding carboxylic acids is 1. The Hall–Kier alpha value is -1.39. The molecule has 4 rings (SSSR count). The number of rotatable bonds is 2. The van der Waals surface area contributed by atoms with Gasteiger partial charge in [0.05, 0.1) is 0 Å². The molecule has 0 aromatic heterocycles. The van der Waals surface area contributed by atoms with Gasteiger partial charge in [-0.15, -0.1) is 0 Å². The minimum Gasteiger partial charge on any atom is -0.381 e. The maximum Gasteiger partial charge on any atom is 0.219 e. The predicted octanol–water partition coefficient (Wildman–Crippen LogP) is 2.71. The van der Waals surface area contributed by atoms with Crippen molar-refractivity contribution >= 4 is 5.91 Å². The lowest BCUT2D eigenvalue weighted by atomic mass is 9.80. The van der Waals surface area contributed by atoms with Gasteiger partial charge in [0, 0.05) is 51.7 Å². The molecule has 0 saturated carbocycles. The molecule has 2 saturated heterocycles. The Labute approximate surface area is 151 Å². The molecule has 3 heterocycles. The summed E-state index contributed by atoms with van der Waals surface area (Å²) in [6.45, 7) is 8.75. The van der Waals surface area contributed by atoms with Gasteiger partial charge in [0.1, 0.15) is 0 Å². The minimum atomic E-state index is 0.207. The van der Waals surface area contributed by atoms with Gasteiger partial charge in [-0.2, -0.15) is 0 Å². The largest absolute Gasteiger partial charge is 0.381 e. The van der Waals surface area contributed by atoms with E-state index in [2.05, 4.69) is 34.1 Å². The number of hydrogen-bond acceptors (Lipinski definition) is 3. The Morgan fingerprint density at radius 2 is 1.96 bits per heavy atom. The van der Waals surface area contributed by atoms with Gasteiger partial charge >= 0.3 is 0 Å². The summed E-state index contributed by atoms with van der Waals surface area (Å²) in [6.07, 6.45) is 4.71. The number of amides is 1. The maximum atomic E-state index is 12.2. The summed E-state index contributed by atoms with van der Waals surface area (Å²) in [7, 11) is 0. The van der Waals surface area contributed by atoms with Crippen LogP contribution in [0.15, 0.2) is 24.3 Å². The number of nitrogens with zero attached hydrogens (tertiary/aromatic N) is 2. The van der Waals surface area contributed by atoms with Gasteiger partial charge in [0.2, 0.25) is 5.91 Å². The molecule has 136 valence electrons. The standard InChI is InChI=1S/C21H30N2O2/c1-17(24)23-14-20-5-3-2-4-19(20)12-21(16-23)8-9-22(15-21)13-18-6-10-25-11-7-18/h2-5,18H,6-16H2,1H3. The molecular weight excluding hydrogens is 312 g/mol. The number of likely N-dealkylation sites (tertiary alicyclic amines) is 1. The molecule has 1 unspecified atom stereocenters. The Balaban J connectivity index is 1.51. The van der Waals surface area contributed by atoms with Gasteiger partial charge in [0.25, 0.3) is 0 Å². The maximum absolute atomic E-state index is 12.2. The highest BCUT2D eigenvalue weighted by Crippen LogP contribution is 2.39. The van der Waals surface area contributed by atoms with E-state index in [0.717, 1.165) is 45.2 Å². The molecule has 0 bridgehead atoms. The fourth-order valence-corrected chi connectivity index (χ4v) is 4.98. The lowest BCUT2D eigenvalue weighted by molar-refractivity contribution is -0.130. The van der Waals surface area contributed by atoms with Crippen molar-refractivity contribution in [2.45, 2.75) is 39.2 Å². The second-order valence-corrected chi connectivity index (χ2v) is 8.36. The molecule has 25 heavy (non-hydrogen) atoms. The molecule has 4 heteroatoms. The van der Waals surface area contributed by atoms with Crippen LogP contribution in [0.3, 0.4) is 0 Å². The molecule has 3 aliphatic rings. The van der Waals surface area contributed by atoms with Crippen LogP contribution in [0.2, 0.25) is 0 Å². The van der Waals surface area contributed by atoms with E-state index in [9.17, 15) is 4.79 Å². The van der Waals surface area contributed by atoms with Crippen LogP contribution in [0, 0.1) is 11.3 Å². The zero-order chi connectivity index (χ0) is 17.3. The molecule has 0 N–H and O–H groups in total. The van der Waals surface area contributed by atoms with Crippen LogP contribution < -0.4 is 0 Å². The minimum absolute atomic E-state index is 0.207. The Kier molecular flexibility index (Phi) is 4.83. The lowest BCUT2D eigenvalue weighted by Gasteiger charge is -2.33. The van der Waals surface area contributed by atoms with Crippen molar-refractivity contribution in [1.82, 2.24) is 9.80 Å². The molecule has 0 aliphatic carbocycles. The monoisotopic (exact) mass is 342 g/mol.